The second kappa shape index (κ2) is 9.80. The molecule has 0 unspecified atom stereocenters. The number of hydrogen-bond donors (Lipinski definition) is 0. The second-order valence-corrected chi connectivity index (χ2v) is 8.21. The Balaban J connectivity index is 1.43. The summed E-state index contributed by atoms with van der Waals surface area (Å²) in [5.74, 6) is 1.53. The molecule has 0 atom stereocenters. The van der Waals surface area contributed by atoms with Crippen molar-refractivity contribution in [2.75, 3.05) is 17.8 Å². The first kappa shape index (κ1) is 20.5. The zero-order valence-corrected chi connectivity index (χ0v) is 17.8. The van der Waals surface area contributed by atoms with E-state index >= 15 is 0 Å². The number of carbonyl (C=O) groups is 1. The normalized spacial score (nSPS) is 14.4. The standard InChI is InChI=1S/C23H25N3O3S/c1-28-20-14-12-17(13-15-20)22-24-25-23(29-22)30-16-21(27)26(18-8-4-2-5-9-18)19-10-6-3-7-11-19/h2,4-5,8-9,12-15,19H,3,6-7,10-11,16H2,1H3. The van der Waals surface area contributed by atoms with Crippen LogP contribution in [0, 0.1) is 0 Å². The first-order valence-corrected chi connectivity index (χ1v) is 11.2. The maximum absolute atomic E-state index is 13.2. The molecule has 0 spiro atoms. The number of thioether (sulfide) groups is 1. The molecule has 0 aliphatic heterocycles. The van der Waals surface area contributed by atoms with Gasteiger partial charge in [0.25, 0.3) is 5.22 Å². The molecule has 1 aliphatic carbocycles. The van der Waals surface area contributed by atoms with E-state index < -0.39 is 0 Å². The van der Waals surface area contributed by atoms with E-state index in [1.807, 2.05) is 59.5 Å². The molecule has 1 saturated carbocycles. The third-order valence-electron chi connectivity index (χ3n) is 5.31. The Kier molecular flexibility index (Phi) is 6.69. The number of benzene rings is 2. The van der Waals surface area contributed by atoms with Gasteiger partial charge < -0.3 is 14.1 Å². The highest BCUT2D eigenvalue weighted by atomic mass is 32.2. The molecule has 6 nitrogen and oxygen atoms in total. The molecular weight excluding hydrogens is 398 g/mol. The van der Waals surface area contributed by atoms with E-state index in [4.69, 9.17) is 9.15 Å². The van der Waals surface area contributed by atoms with Gasteiger partial charge in [-0.1, -0.05) is 49.2 Å². The first-order valence-electron chi connectivity index (χ1n) is 10.2. The van der Waals surface area contributed by atoms with Crippen LogP contribution in [-0.4, -0.2) is 35.0 Å². The lowest BCUT2D eigenvalue weighted by atomic mass is 9.93. The minimum Gasteiger partial charge on any atom is -0.497 e. The van der Waals surface area contributed by atoms with Gasteiger partial charge in [0.1, 0.15) is 5.75 Å². The summed E-state index contributed by atoms with van der Waals surface area (Å²) in [6.07, 6.45) is 5.69. The SMILES string of the molecule is COc1ccc(-c2nnc(SCC(=O)N(c3ccccc3)C3CCCCC3)o2)cc1. The van der Waals surface area contributed by atoms with Crippen molar-refractivity contribution in [1.29, 1.82) is 0 Å². The van der Waals surface area contributed by atoms with Crippen LogP contribution in [0.5, 0.6) is 5.75 Å². The van der Waals surface area contributed by atoms with Crippen LogP contribution in [0.4, 0.5) is 5.69 Å². The summed E-state index contributed by atoms with van der Waals surface area (Å²) < 4.78 is 10.9. The minimum atomic E-state index is 0.0716. The lowest BCUT2D eigenvalue weighted by Crippen LogP contribution is -2.42. The highest BCUT2D eigenvalue weighted by Gasteiger charge is 2.27. The number of aromatic nitrogens is 2. The Hall–Kier alpha value is -2.80. The van der Waals surface area contributed by atoms with E-state index in [0.717, 1.165) is 29.8 Å². The Labute approximate surface area is 180 Å². The molecule has 0 saturated heterocycles. The monoisotopic (exact) mass is 423 g/mol. The van der Waals surface area contributed by atoms with Crippen LogP contribution in [-0.2, 0) is 4.79 Å². The maximum atomic E-state index is 13.2. The van der Waals surface area contributed by atoms with E-state index in [2.05, 4.69) is 10.2 Å². The van der Waals surface area contributed by atoms with Crippen molar-refractivity contribution in [3.05, 3.63) is 54.6 Å². The van der Waals surface area contributed by atoms with Gasteiger partial charge in [0, 0.05) is 17.3 Å². The molecule has 2 aromatic carbocycles. The van der Waals surface area contributed by atoms with Crippen LogP contribution in [0.15, 0.2) is 64.2 Å². The van der Waals surface area contributed by atoms with Crippen LogP contribution in [0.25, 0.3) is 11.5 Å². The Bertz CT molecular complexity index is 953. The highest BCUT2D eigenvalue weighted by Crippen LogP contribution is 2.30. The van der Waals surface area contributed by atoms with Crippen molar-refractivity contribution in [2.45, 2.75) is 43.4 Å². The lowest BCUT2D eigenvalue weighted by Gasteiger charge is -2.34. The van der Waals surface area contributed by atoms with Gasteiger partial charge in [-0.3, -0.25) is 4.79 Å². The van der Waals surface area contributed by atoms with E-state index in [0.29, 0.717) is 11.1 Å². The number of anilines is 1. The second-order valence-electron chi connectivity index (χ2n) is 7.28. The van der Waals surface area contributed by atoms with Crippen molar-refractivity contribution in [1.82, 2.24) is 10.2 Å². The van der Waals surface area contributed by atoms with E-state index in [9.17, 15) is 4.79 Å². The summed E-state index contributed by atoms with van der Waals surface area (Å²) in [6.45, 7) is 0. The van der Waals surface area contributed by atoms with E-state index in [1.54, 1.807) is 7.11 Å². The van der Waals surface area contributed by atoms with Gasteiger partial charge in [-0.25, -0.2) is 0 Å². The Morgan fingerprint density at radius 3 is 2.50 bits per heavy atom. The molecule has 1 aliphatic rings. The summed E-state index contributed by atoms with van der Waals surface area (Å²) in [6, 6.07) is 17.6. The first-order chi connectivity index (χ1) is 14.7. The summed E-state index contributed by atoms with van der Waals surface area (Å²) in [4.78, 5) is 15.1. The number of amides is 1. The van der Waals surface area contributed by atoms with Crippen LogP contribution < -0.4 is 9.64 Å². The number of hydrogen-bond acceptors (Lipinski definition) is 6. The molecule has 3 aromatic rings. The van der Waals surface area contributed by atoms with Crippen molar-refractivity contribution >= 4 is 23.4 Å². The summed E-state index contributed by atoms with van der Waals surface area (Å²) in [5.41, 5.74) is 1.77. The molecule has 30 heavy (non-hydrogen) atoms. The maximum Gasteiger partial charge on any atom is 0.277 e. The zero-order chi connectivity index (χ0) is 20.8. The topological polar surface area (TPSA) is 68.5 Å². The van der Waals surface area contributed by atoms with Gasteiger partial charge in [0.05, 0.1) is 12.9 Å². The van der Waals surface area contributed by atoms with E-state index in [1.165, 1.54) is 31.0 Å². The molecule has 1 heterocycles. The smallest absolute Gasteiger partial charge is 0.277 e. The molecule has 1 amide bonds. The van der Waals surface area contributed by atoms with Crippen molar-refractivity contribution in [3.63, 3.8) is 0 Å². The average molecular weight is 424 g/mol. The Morgan fingerprint density at radius 1 is 1.07 bits per heavy atom. The fraction of sp³-hybridized carbons (Fsp3) is 0.348. The van der Waals surface area contributed by atoms with Crippen LogP contribution in [0.2, 0.25) is 0 Å². The van der Waals surface area contributed by atoms with Crippen molar-refractivity contribution in [2.24, 2.45) is 0 Å². The predicted octanol–water partition coefficient (Wildman–Crippen LogP) is 5.20. The number of para-hydroxylation sites is 1. The van der Waals surface area contributed by atoms with Crippen LogP contribution >= 0.6 is 11.8 Å². The number of ether oxygens (including phenoxy) is 1. The van der Waals surface area contributed by atoms with Crippen molar-refractivity contribution < 1.29 is 13.9 Å². The largest absolute Gasteiger partial charge is 0.497 e. The van der Waals surface area contributed by atoms with Gasteiger partial charge in [0.15, 0.2) is 0 Å². The summed E-state index contributed by atoms with van der Waals surface area (Å²) >= 11 is 1.28. The van der Waals surface area contributed by atoms with Crippen LogP contribution in [0.3, 0.4) is 0 Å². The number of methoxy groups -OCH3 is 1. The fourth-order valence-electron chi connectivity index (χ4n) is 3.80. The third-order valence-corrected chi connectivity index (χ3v) is 6.11. The molecule has 0 radical (unpaired) electrons. The van der Waals surface area contributed by atoms with Gasteiger partial charge >= 0.3 is 0 Å². The molecule has 1 aromatic heterocycles. The van der Waals surface area contributed by atoms with Crippen LogP contribution in [0.1, 0.15) is 32.1 Å². The van der Waals surface area contributed by atoms with Gasteiger partial charge in [-0.2, -0.15) is 0 Å². The lowest BCUT2D eigenvalue weighted by molar-refractivity contribution is -0.116. The molecule has 0 bridgehead atoms. The van der Waals surface area contributed by atoms with Gasteiger partial charge in [0.2, 0.25) is 11.8 Å². The molecule has 0 N–H and O–H groups in total. The Morgan fingerprint density at radius 2 is 1.80 bits per heavy atom. The minimum absolute atomic E-state index is 0.0716. The molecule has 4 rings (SSSR count). The fourth-order valence-corrected chi connectivity index (χ4v) is 4.42. The predicted molar refractivity (Wildman–Crippen MR) is 118 cm³/mol. The van der Waals surface area contributed by atoms with E-state index in [-0.39, 0.29) is 17.7 Å². The summed E-state index contributed by atoms with van der Waals surface area (Å²) in [5, 5.41) is 8.60. The summed E-state index contributed by atoms with van der Waals surface area (Å²) in [7, 11) is 1.62. The van der Waals surface area contributed by atoms with Crippen molar-refractivity contribution in [3.8, 4) is 17.2 Å². The van der Waals surface area contributed by atoms with Gasteiger partial charge in [-0.05, 0) is 49.2 Å². The highest BCUT2D eigenvalue weighted by molar-refractivity contribution is 7.99. The molecule has 156 valence electrons. The third kappa shape index (κ3) is 4.84. The number of rotatable bonds is 7. The average Bonchev–Trinajstić information content (AvgIpc) is 3.28. The quantitative estimate of drug-likeness (QED) is 0.486. The molecular formula is C23H25N3O3S. The number of nitrogens with zero attached hydrogens (tertiary/aromatic N) is 3. The number of carbonyl (C=O) groups excluding carboxylic acids is 1. The zero-order valence-electron chi connectivity index (χ0n) is 17.0. The van der Waals surface area contributed by atoms with Gasteiger partial charge in [-0.15, -0.1) is 10.2 Å². The molecule has 1 fully saturated rings. The molecule has 7 heteroatoms.